The molecule has 2 rings (SSSR count). The molecule has 1 aliphatic rings. The maximum atomic E-state index is 5.68. The van der Waals surface area contributed by atoms with Crippen molar-refractivity contribution in [3.05, 3.63) is 11.2 Å². The van der Waals surface area contributed by atoms with Gasteiger partial charge in [-0.2, -0.15) is 0 Å². The van der Waals surface area contributed by atoms with E-state index >= 15 is 0 Å². The van der Waals surface area contributed by atoms with Gasteiger partial charge in [0.2, 0.25) is 0 Å². The van der Waals surface area contributed by atoms with Crippen molar-refractivity contribution in [1.82, 2.24) is 9.88 Å². The Kier molecular flexibility index (Phi) is 3.59. The minimum absolute atomic E-state index is 0.827. The largest absolute Gasteiger partial charge is 0.389 e. The maximum absolute atomic E-state index is 5.68. The molecule has 0 aliphatic heterocycles. The second kappa shape index (κ2) is 4.94. The third kappa shape index (κ3) is 3.47. The van der Waals surface area contributed by atoms with E-state index in [1.54, 1.807) is 17.5 Å². The SMILES string of the molecule is CCCN(Cc1ncc(N)s1)CC1CC1. The van der Waals surface area contributed by atoms with Gasteiger partial charge in [-0.1, -0.05) is 6.92 Å². The Balaban J connectivity index is 1.86. The summed E-state index contributed by atoms with van der Waals surface area (Å²) in [5, 5.41) is 1.98. The van der Waals surface area contributed by atoms with E-state index in [0.717, 1.165) is 22.5 Å². The number of nitrogens with zero attached hydrogens (tertiary/aromatic N) is 2. The second-order valence-corrected chi connectivity index (χ2v) is 5.48. The fourth-order valence-corrected chi connectivity index (χ4v) is 2.54. The Morgan fingerprint density at radius 1 is 1.60 bits per heavy atom. The molecule has 84 valence electrons. The highest BCUT2D eigenvalue weighted by atomic mass is 32.1. The summed E-state index contributed by atoms with van der Waals surface area (Å²) >= 11 is 1.61. The Morgan fingerprint density at radius 2 is 2.40 bits per heavy atom. The van der Waals surface area contributed by atoms with Crippen LogP contribution in [0.3, 0.4) is 0 Å². The van der Waals surface area contributed by atoms with Crippen molar-refractivity contribution < 1.29 is 0 Å². The number of rotatable bonds is 6. The van der Waals surface area contributed by atoms with Crippen LogP contribution in [0, 0.1) is 5.92 Å². The molecule has 0 aromatic carbocycles. The zero-order valence-corrected chi connectivity index (χ0v) is 10.1. The minimum atomic E-state index is 0.827. The first kappa shape index (κ1) is 10.9. The van der Waals surface area contributed by atoms with E-state index in [1.807, 2.05) is 0 Å². The zero-order chi connectivity index (χ0) is 10.7. The molecule has 0 bridgehead atoms. The molecule has 0 radical (unpaired) electrons. The molecule has 1 aromatic rings. The molecule has 0 atom stereocenters. The number of aromatic nitrogens is 1. The highest BCUT2D eigenvalue weighted by molar-refractivity contribution is 7.15. The first-order chi connectivity index (χ1) is 7.28. The second-order valence-electron chi connectivity index (χ2n) is 4.33. The van der Waals surface area contributed by atoms with Crippen molar-refractivity contribution >= 4 is 16.3 Å². The van der Waals surface area contributed by atoms with Gasteiger partial charge in [-0.15, -0.1) is 11.3 Å². The third-order valence-corrected chi connectivity index (χ3v) is 3.49. The average molecular weight is 225 g/mol. The highest BCUT2D eigenvalue weighted by Crippen LogP contribution is 2.30. The fraction of sp³-hybridized carbons (Fsp3) is 0.727. The molecule has 4 heteroatoms. The van der Waals surface area contributed by atoms with Gasteiger partial charge in [0.1, 0.15) is 10.0 Å². The van der Waals surface area contributed by atoms with Crippen molar-refractivity contribution in [1.29, 1.82) is 0 Å². The van der Waals surface area contributed by atoms with Gasteiger partial charge in [0.15, 0.2) is 0 Å². The molecule has 1 aromatic heterocycles. The van der Waals surface area contributed by atoms with Crippen LogP contribution < -0.4 is 5.73 Å². The highest BCUT2D eigenvalue weighted by Gasteiger charge is 2.24. The fourth-order valence-electron chi connectivity index (χ4n) is 1.81. The van der Waals surface area contributed by atoms with Crippen LogP contribution in [0.1, 0.15) is 31.2 Å². The van der Waals surface area contributed by atoms with Gasteiger partial charge in [0.05, 0.1) is 12.7 Å². The first-order valence-corrected chi connectivity index (χ1v) is 6.52. The van der Waals surface area contributed by atoms with E-state index in [-0.39, 0.29) is 0 Å². The minimum Gasteiger partial charge on any atom is -0.389 e. The maximum Gasteiger partial charge on any atom is 0.109 e. The summed E-state index contributed by atoms with van der Waals surface area (Å²) in [6.07, 6.45) is 5.81. The van der Waals surface area contributed by atoms with Crippen molar-refractivity contribution in [2.24, 2.45) is 5.92 Å². The molecular weight excluding hydrogens is 206 g/mol. The standard InChI is InChI=1S/C11H19N3S/c1-2-5-14(7-9-3-4-9)8-11-13-6-10(12)15-11/h6,9H,2-5,7-8,12H2,1H3. The molecule has 1 fully saturated rings. The predicted octanol–water partition coefficient (Wildman–Crippen LogP) is 2.35. The molecule has 15 heavy (non-hydrogen) atoms. The number of nitrogen functional groups attached to an aromatic ring is 1. The molecule has 0 spiro atoms. The Morgan fingerprint density at radius 3 is 2.93 bits per heavy atom. The van der Waals surface area contributed by atoms with E-state index in [4.69, 9.17) is 5.73 Å². The average Bonchev–Trinajstić information content (AvgIpc) is 2.90. The number of thiazole rings is 1. The van der Waals surface area contributed by atoms with E-state index in [9.17, 15) is 0 Å². The molecule has 1 saturated carbocycles. The molecule has 0 unspecified atom stereocenters. The molecule has 1 aliphatic carbocycles. The molecule has 3 nitrogen and oxygen atoms in total. The Labute approximate surface area is 95.3 Å². The van der Waals surface area contributed by atoms with Crippen LogP contribution in [-0.4, -0.2) is 23.0 Å². The van der Waals surface area contributed by atoms with E-state index < -0.39 is 0 Å². The van der Waals surface area contributed by atoms with Crippen LogP contribution in [0.15, 0.2) is 6.20 Å². The number of hydrogen-bond acceptors (Lipinski definition) is 4. The summed E-state index contributed by atoms with van der Waals surface area (Å²) in [7, 11) is 0. The zero-order valence-electron chi connectivity index (χ0n) is 9.28. The summed E-state index contributed by atoms with van der Waals surface area (Å²) in [6.45, 7) is 5.63. The lowest BCUT2D eigenvalue weighted by atomic mass is 10.3. The summed E-state index contributed by atoms with van der Waals surface area (Å²) in [6, 6.07) is 0. The quantitative estimate of drug-likeness (QED) is 0.808. The van der Waals surface area contributed by atoms with Gasteiger partial charge >= 0.3 is 0 Å². The summed E-state index contributed by atoms with van der Waals surface area (Å²) < 4.78 is 0. The summed E-state index contributed by atoms with van der Waals surface area (Å²) in [5.74, 6) is 0.953. The van der Waals surface area contributed by atoms with Crippen molar-refractivity contribution in [2.75, 3.05) is 18.8 Å². The van der Waals surface area contributed by atoms with Crippen molar-refractivity contribution in [2.45, 2.75) is 32.7 Å². The molecule has 0 saturated heterocycles. The van der Waals surface area contributed by atoms with Crippen molar-refractivity contribution in [3.63, 3.8) is 0 Å². The topological polar surface area (TPSA) is 42.2 Å². The smallest absolute Gasteiger partial charge is 0.109 e. The summed E-state index contributed by atoms with van der Waals surface area (Å²) in [5.41, 5.74) is 5.68. The van der Waals surface area contributed by atoms with Gasteiger partial charge < -0.3 is 5.73 Å². The molecule has 2 N–H and O–H groups in total. The lowest BCUT2D eigenvalue weighted by Crippen LogP contribution is -2.26. The lowest BCUT2D eigenvalue weighted by molar-refractivity contribution is 0.255. The van der Waals surface area contributed by atoms with Crippen LogP contribution >= 0.6 is 11.3 Å². The molecular formula is C11H19N3S. The lowest BCUT2D eigenvalue weighted by Gasteiger charge is -2.19. The molecule has 0 amide bonds. The third-order valence-electron chi connectivity index (χ3n) is 2.68. The Hall–Kier alpha value is -0.610. The van der Waals surface area contributed by atoms with Gasteiger partial charge in [-0.3, -0.25) is 4.90 Å². The van der Waals surface area contributed by atoms with E-state index in [2.05, 4.69) is 16.8 Å². The van der Waals surface area contributed by atoms with Crippen LogP contribution in [-0.2, 0) is 6.54 Å². The van der Waals surface area contributed by atoms with Gasteiger partial charge in [0.25, 0.3) is 0 Å². The van der Waals surface area contributed by atoms with E-state index in [0.29, 0.717) is 0 Å². The first-order valence-electron chi connectivity index (χ1n) is 5.70. The molecule has 1 heterocycles. The number of hydrogen-bond donors (Lipinski definition) is 1. The van der Waals surface area contributed by atoms with Crippen LogP contribution in [0.2, 0.25) is 0 Å². The number of anilines is 1. The van der Waals surface area contributed by atoms with Crippen LogP contribution in [0.5, 0.6) is 0 Å². The van der Waals surface area contributed by atoms with Crippen LogP contribution in [0.4, 0.5) is 5.00 Å². The van der Waals surface area contributed by atoms with Gasteiger partial charge in [-0.05, 0) is 31.7 Å². The monoisotopic (exact) mass is 225 g/mol. The predicted molar refractivity (Wildman–Crippen MR) is 64.8 cm³/mol. The van der Waals surface area contributed by atoms with Gasteiger partial charge in [0, 0.05) is 6.54 Å². The van der Waals surface area contributed by atoms with Crippen molar-refractivity contribution in [3.8, 4) is 0 Å². The Bertz CT molecular complexity index is 307. The van der Waals surface area contributed by atoms with E-state index in [1.165, 1.54) is 32.4 Å². The van der Waals surface area contributed by atoms with Crippen LogP contribution in [0.25, 0.3) is 0 Å². The normalized spacial score (nSPS) is 16.1. The summed E-state index contributed by atoms with van der Waals surface area (Å²) in [4.78, 5) is 6.83. The van der Waals surface area contributed by atoms with Gasteiger partial charge in [-0.25, -0.2) is 4.98 Å². The number of nitrogens with two attached hydrogens (primary N) is 1.